The second kappa shape index (κ2) is 32.5. The summed E-state index contributed by atoms with van der Waals surface area (Å²) in [5.74, 6) is 2.84. The first kappa shape index (κ1) is 54.4. The Morgan fingerprint density at radius 1 is 0.484 bits per heavy atom. The van der Waals surface area contributed by atoms with E-state index in [1.807, 2.05) is 14.1 Å². The molecule has 6 atom stereocenters. The van der Waals surface area contributed by atoms with Crippen molar-refractivity contribution in [2.75, 3.05) is 40.5 Å². The summed E-state index contributed by atoms with van der Waals surface area (Å²) in [5.41, 5.74) is 0. The Morgan fingerprint density at radius 3 is 1.23 bits per heavy atom. The van der Waals surface area contributed by atoms with Crippen LogP contribution >= 0.6 is 0 Å². The first-order chi connectivity index (χ1) is 31.1. The van der Waals surface area contributed by atoms with Crippen LogP contribution in [0.3, 0.4) is 0 Å². The van der Waals surface area contributed by atoms with Crippen molar-refractivity contribution in [2.45, 2.75) is 244 Å². The van der Waals surface area contributed by atoms with Gasteiger partial charge in [-0.3, -0.25) is 19.2 Å². The molecule has 10 nitrogen and oxygen atoms in total. The topological polar surface area (TPSA) is 118 Å². The van der Waals surface area contributed by atoms with Gasteiger partial charge in [-0.25, -0.2) is 0 Å². The Labute approximate surface area is 390 Å². The number of hydrogen-bond acceptors (Lipinski definition) is 10. The number of nitrogens with zero attached hydrogens (tertiary/aromatic N) is 1. The highest BCUT2D eigenvalue weighted by Crippen LogP contribution is 2.47. The zero-order valence-electron chi connectivity index (χ0n) is 41.5. The Kier molecular flexibility index (Phi) is 27.6. The van der Waals surface area contributed by atoms with Crippen molar-refractivity contribution in [2.24, 2.45) is 35.5 Å². The van der Waals surface area contributed by atoms with E-state index in [1.165, 1.54) is 116 Å². The molecule has 10 heteroatoms. The minimum absolute atomic E-state index is 0.223. The second-order valence-electron chi connectivity index (χ2n) is 21.0. The average molecular weight is 902 g/mol. The minimum atomic E-state index is -1.05. The van der Waals surface area contributed by atoms with Gasteiger partial charge in [-0.1, -0.05) is 142 Å². The number of fused-ring (bicyclic) bond motifs is 2. The molecule has 6 unspecified atom stereocenters. The van der Waals surface area contributed by atoms with Crippen LogP contribution in [-0.2, 0) is 42.9 Å². The van der Waals surface area contributed by atoms with Crippen LogP contribution < -0.4 is 0 Å². The minimum Gasteiger partial charge on any atom is -0.462 e. The lowest BCUT2D eigenvalue weighted by atomic mass is 9.82. The first-order valence-corrected chi connectivity index (χ1v) is 27.1. The van der Waals surface area contributed by atoms with E-state index >= 15 is 0 Å². The third-order valence-electron chi connectivity index (χ3n) is 15.3. The fraction of sp³-hybridized carbons (Fsp3) is 0.926. The smallest absolute Gasteiger partial charge is 0.306 e. The van der Waals surface area contributed by atoms with Gasteiger partial charge < -0.3 is 28.6 Å². The monoisotopic (exact) mass is 902 g/mol. The molecule has 370 valence electrons. The van der Waals surface area contributed by atoms with Gasteiger partial charge in [0.15, 0.2) is 12.2 Å². The van der Waals surface area contributed by atoms with E-state index in [0.29, 0.717) is 43.9 Å². The molecule has 0 aromatic carbocycles. The van der Waals surface area contributed by atoms with Crippen LogP contribution in [0.2, 0.25) is 0 Å². The average Bonchev–Trinajstić information content (AvgIpc) is 3.91. The molecule has 0 radical (unpaired) electrons. The fourth-order valence-electron chi connectivity index (χ4n) is 11.7. The summed E-state index contributed by atoms with van der Waals surface area (Å²) in [5, 5.41) is 0. The summed E-state index contributed by atoms with van der Waals surface area (Å²) in [6.45, 7) is 5.01. The molecule has 0 heterocycles. The normalized spacial score (nSPS) is 24.4. The molecule has 0 saturated heterocycles. The van der Waals surface area contributed by atoms with Gasteiger partial charge in [0, 0.05) is 32.3 Å². The van der Waals surface area contributed by atoms with Crippen LogP contribution in [0.25, 0.3) is 0 Å². The Morgan fingerprint density at radius 2 is 0.859 bits per heavy atom. The highest BCUT2D eigenvalue weighted by Gasteiger charge is 2.40. The van der Waals surface area contributed by atoms with Gasteiger partial charge in [-0.05, 0) is 114 Å². The summed E-state index contributed by atoms with van der Waals surface area (Å²) in [7, 11) is 4.00. The number of hydrogen-bond donors (Lipinski definition) is 0. The van der Waals surface area contributed by atoms with Gasteiger partial charge in [0.1, 0.15) is 19.3 Å². The maximum atomic E-state index is 13.6. The molecule has 0 bridgehead atoms. The Hall–Kier alpha value is -2.20. The standard InChI is InChI=1S/C54H95NO9/c1-5-7-9-11-13-15-17-28-52(58)63-48(40-61-50(56)32-30-42-36-44-24-19-20-25-45(44)37-42)54(60-35-23-34-55(3)4)49(64-53(59)29-18-16-14-12-10-8-6-2)41-62-51(57)33-31-43-38-46-26-21-22-27-47(46)39-43/h42-49,54H,5-41H2,1-4H3. The molecule has 4 fully saturated rings. The largest absolute Gasteiger partial charge is 0.462 e. The number of ether oxygens (including phenoxy) is 5. The van der Waals surface area contributed by atoms with E-state index < -0.39 is 30.3 Å². The van der Waals surface area contributed by atoms with Crippen LogP contribution in [0.5, 0.6) is 0 Å². The first-order valence-electron chi connectivity index (χ1n) is 27.1. The molecule has 0 amide bonds. The van der Waals surface area contributed by atoms with Gasteiger partial charge in [-0.2, -0.15) is 0 Å². The molecule has 0 spiro atoms. The summed E-state index contributed by atoms with van der Waals surface area (Å²) >= 11 is 0. The second-order valence-corrected chi connectivity index (χ2v) is 21.0. The molecule has 0 N–H and O–H groups in total. The van der Waals surface area contributed by atoms with Gasteiger partial charge in [-0.15, -0.1) is 0 Å². The molecule has 4 aliphatic carbocycles. The predicted molar refractivity (Wildman–Crippen MR) is 255 cm³/mol. The summed E-state index contributed by atoms with van der Waals surface area (Å²) in [4.78, 5) is 56.3. The van der Waals surface area contributed by atoms with Crippen LogP contribution in [-0.4, -0.2) is 87.5 Å². The van der Waals surface area contributed by atoms with E-state index in [-0.39, 0.29) is 44.6 Å². The molecular formula is C54H95NO9. The molecule has 0 aromatic rings. The number of unbranched alkanes of at least 4 members (excludes halogenated alkanes) is 12. The maximum Gasteiger partial charge on any atom is 0.306 e. The number of rotatable bonds is 35. The van der Waals surface area contributed by atoms with Gasteiger partial charge in [0.2, 0.25) is 0 Å². The van der Waals surface area contributed by atoms with Gasteiger partial charge in [0.25, 0.3) is 0 Å². The summed E-state index contributed by atoms with van der Waals surface area (Å²) in [6, 6.07) is 0. The van der Waals surface area contributed by atoms with Crippen molar-refractivity contribution in [3.63, 3.8) is 0 Å². The Balaban J connectivity index is 1.46. The maximum absolute atomic E-state index is 13.6. The SMILES string of the molecule is CCCCCCCCCC(=O)OC(COC(=O)CCC1CC2CCCCC2C1)C(OCCCN(C)C)C(COC(=O)CCC1CC2CCCCC2C1)OC(=O)CCCCCCCCC. The molecule has 4 saturated carbocycles. The molecule has 4 aliphatic rings. The van der Waals surface area contributed by atoms with E-state index in [4.69, 9.17) is 23.7 Å². The number of carbonyl (C=O) groups excluding carboxylic acids is 4. The van der Waals surface area contributed by atoms with Crippen molar-refractivity contribution in [1.29, 1.82) is 0 Å². The van der Waals surface area contributed by atoms with Crippen LogP contribution in [0.4, 0.5) is 0 Å². The third kappa shape index (κ3) is 22.1. The highest BCUT2D eigenvalue weighted by atomic mass is 16.6. The van der Waals surface area contributed by atoms with Crippen LogP contribution in [0.1, 0.15) is 226 Å². The van der Waals surface area contributed by atoms with E-state index in [9.17, 15) is 19.2 Å². The van der Waals surface area contributed by atoms with Crippen LogP contribution in [0.15, 0.2) is 0 Å². The third-order valence-corrected chi connectivity index (χ3v) is 15.3. The van der Waals surface area contributed by atoms with Gasteiger partial charge >= 0.3 is 23.9 Å². The van der Waals surface area contributed by atoms with E-state index in [2.05, 4.69) is 18.7 Å². The van der Waals surface area contributed by atoms with Crippen LogP contribution in [0, 0.1) is 35.5 Å². The lowest BCUT2D eigenvalue weighted by Crippen LogP contribution is -2.49. The Bertz CT molecular complexity index is 1180. The summed E-state index contributed by atoms with van der Waals surface area (Å²) in [6.07, 6.45) is 30.6. The molecule has 4 rings (SSSR count). The lowest BCUT2D eigenvalue weighted by molar-refractivity contribution is -0.193. The lowest BCUT2D eigenvalue weighted by Gasteiger charge is -2.33. The van der Waals surface area contributed by atoms with Crippen molar-refractivity contribution in [1.82, 2.24) is 4.90 Å². The summed E-state index contributed by atoms with van der Waals surface area (Å²) < 4.78 is 31.0. The van der Waals surface area contributed by atoms with Crippen molar-refractivity contribution in [3.05, 3.63) is 0 Å². The van der Waals surface area contributed by atoms with Gasteiger partial charge in [0.05, 0.1) is 0 Å². The molecule has 0 aromatic heterocycles. The van der Waals surface area contributed by atoms with Crippen molar-refractivity contribution >= 4 is 23.9 Å². The predicted octanol–water partition coefficient (Wildman–Crippen LogP) is 12.5. The van der Waals surface area contributed by atoms with E-state index in [1.54, 1.807) is 0 Å². The number of esters is 4. The van der Waals surface area contributed by atoms with Crippen molar-refractivity contribution in [3.8, 4) is 0 Å². The van der Waals surface area contributed by atoms with E-state index in [0.717, 1.165) is 81.6 Å². The highest BCUT2D eigenvalue weighted by molar-refractivity contribution is 5.71. The number of carbonyl (C=O) groups is 4. The zero-order valence-corrected chi connectivity index (χ0v) is 41.5. The van der Waals surface area contributed by atoms with Crippen molar-refractivity contribution < 1.29 is 42.9 Å². The molecular weight excluding hydrogens is 807 g/mol. The fourth-order valence-corrected chi connectivity index (χ4v) is 11.7. The molecule has 0 aliphatic heterocycles. The zero-order chi connectivity index (χ0) is 45.8. The quantitative estimate of drug-likeness (QED) is 0.0346. The molecule has 64 heavy (non-hydrogen) atoms.